The van der Waals surface area contributed by atoms with Gasteiger partial charge in [-0.25, -0.2) is 4.98 Å². The lowest BCUT2D eigenvalue weighted by Gasteiger charge is -2.29. The van der Waals surface area contributed by atoms with Crippen molar-refractivity contribution in [2.75, 3.05) is 13.2 Å². The van der Waals surface area contributed by atoms with E-state index in [-0.39, 0.29) is 11.5 Å². The molecule has 1 unspecified atom stereocenters. The van der Waals surface area contributed by atoms with Crippen LogP contribution in [0.15, 0.2) is 5.51 Å². The number of aryl methyl sites for hydroxylation is 1. The van der Waals surface area contributed by atoms with Gasteiger partial charge in [-0.2, -0.15) is 0 Å². The Morgan fingerprint density at radius 1 is 1.50 bits per heavy atom. The molecule has 0 saturated carbocycles. The molecular formula is C12H22N2OS. The van der Waals surface area contributed by atoms with Crippen LogP contribution in [0.2, 0.25) is 0 Å². The Bertz CT molecular complexity index is 317. The highest BCUT2D eigenvalue weighted by molar-refractivity contribution is 7.09. The van der Waals surface area contributed by atoms with Crippen molar-refractivity contribution in [1.82, 2.24) is 4.98 Å². The van der Waals surface area contributed by atoms with Gasteiger partial charge in [-0.05, 0) is 12.3 Å². The number of nitrogens with zero attached hydrogens (tertiary/aromatic N) is 1. The molecule has 0 bridgehead atoms. The van der Waals surface area contributed by atoms with E-state index in [0.29, 0.717) is 6.54 Å². The number of hydrogen-bond donors (Lipinski definition) is 1. The molecule has 2 N–H and O–H groups in total. The molecule has 0 aliphatic heterocycles. The maximum Gasteiger partial charge on any atom is 0.0797 e. The fourth-order valence-corrected chi connectivity index (χ4v) is 2.29. The Hall–Kier alpha value is -0.450. The van der Waals surface area contributed by atoms with Gasteiger partial charge in [-0.1, -0.05) is 20.8 Å². The molecule has 1 rings (SSSR count). The number of aromatic nitrogens is 1. The average Bonchev–Trinajstić information content (AvgIpc) is 2.57. The summed E-state index contributed by atoms with van der Waals surface area (Å²) < 4.78 is 5.84. The van der Waals surface area contributed by atoms with Gasteiger partial charge in [0.25, 0.3) is 0 Å². The van der Waals surface area contributed by atoms with E-state index in [4.69, 9.17) is 10.5 Å². The Balaban J connectivity index is 2.37. The molecule has 1 aromatic heterocycles. The molecule has 0 aliphatic rings. The molecule has 3 nitrogen and oxygen atoms in total. The van der Waals surface area contributed by atoms with Crippen molar-refractivity contribution in [3.8, 4) is 0 Å². The van der Waals surface area contributed by atoms with Crippen molar-refractivity contribution in [2.24, 2.45) is 11.1 Å². The lowest BCUT2D eigenvalue weighted by Crippen LogP contribution is -2.36. The van der Waals surface area contributed by atoms with Crippen LogP contribution in [0.5, 0.6) is 0 Å². The summed E-state index contributed by atoms with van der Waals surface area (Å²) >= 11 is 1.69. The first-order valence-corrected chi connectivity index (χ1v) is 6.53. The standard InChI is InChI=1S/C12H22N2OS/c1-9-10(16-8-14-9)5-6-15-11(7-13)12(2,3)4/h8,11H,5-7,13H2,1-4H3. The second-order valence-electron chi connectivity index (χ2n) is 5.07. The molecule has 0 spiro atoms. The first kappa shape index (κ1) is 13.6. The van der Waals surface area contributed by atoms with Crippen molar-refractivity contribution in [3.05, 3.63) is 16.1 Å². The fourth-order valence-electron chi connectivity index (χ4n) is 1.53. The van der Waals surface area contributed by atoms with Gasteiger partial charge in [0.15, 0.2) is 0 Å². The van der Waals surface area contributed by atoms with Crippen LogP contribution in [0, 0.1) is 12.3 Å². The van der Waals surface area contributed by atoms with Gasteiger partial charge in [0, 0.05) is 17.8 Å². The monoisotopic (exact) mass is 242 g/mol. The molecule has 0 saturated heterocycles. The zero-order chi connectivity index (χ0) is 12.2. The third-order valence-corrected chi connectivity index (χ3v) is 3.67. The fraction of sp³-hybridized carbons (Fsp3) is 0.750. The number of hydrogen-bond acceptors (Lipinski definition) is 4. The minimum absolute atomic E-state index is 0.109. The van der Waals surface area contributed by atoms with E-state index in [1.54, 1.807) is 11.3 Å². The van der Waals surface area contributed by atoms with E-state index in [0.717, 1.165) is 18.7 Å². The molecule has 0 aromatic carbocycles. The van der Waals surface area contributed by atoms with Crippen molar-refractivity contribution in [3.63, 3.8) is 0 Å². The third kappa shape index (κ3) is 3.85. The molecule has 0 radical (unpaired) electrons. The van der Waals surface area contributed by atoms with Gasteiger partial charge in [-0.3, -0.25) is 0 Å². The lowest BCUT2D eigenvalue weighted by atomic mass is 9.89. The predicted molar refractivity (Wildman–Crippen MR) is 68.8 cm³/mol. The van der Waals surface area contributed by atoms with Gasteiger partial charge in [-0.15, -0.1) is 11.3 Å². The van der Waals surface area contributed by atoms with Crippen LogP contribution in [-0.4, -0.2) is 24.2 Å². The van der Waals surface area contributed by atoms with Crippen LogP contribution in [0.1, 0.15) is 31.3 Å². The molecule has 1 heterocycles. The highest BCUT2D eigenvalue weighted by Gasteiger charge is 2.23. The first-order chi connectivity index (χ1) is 7.45. The van der Waals surface area contributed by atoms with Crippen molar-refractivity contribution < 1.29 is 4.74 Å². The molecule has 0 fully saturated rings. The molecular weight excluding hydrogens is 220 g/mol. The predicted octanol–water partition coefficient (Wildman–Crippen LogP) is 2.38. The maximum atomic E-state index is 5.84. The quantitative estimate of drug-likeness (QED) is 0.862. The van der Waals surface area contributed by atoms with E-state index in [2.05, 4.69) is 25.8 Å². The summed E-state index contributed by atoms with van der Waals surface area (Å²) in [5.41, 5.74) is 8.83. The minimum atomic E-state index is 0.109. The van der Waals surface area contributed by atoms with Crippen molar-refractivity contribution in [1.29, 1.82) is 0 Å². The smallest absolute Gasteiger partial charge is 0.0797 e. The van der Waals surface area contributed by atoms with Crippen molar-refractivity contribution >= 4 is 11.3 Å². The number of rotatable bonds is 5. The normalized spacial score (nSPS) is 14.1. The Labute approximate surface area is 102 Å². The molecule has 1 atom stereocenters. The Morgan fingerprint density at radius 3 is 2.62 bits per heavy atom. The topological polar surface area (TPSA) is 48.1 Å². The van der Waals surface area contributed by atoms with E-state index in [1.807, 2.05) is 12.4 Å². The first-order valence-electron chi connectivity index (χ1n) is 5.65. The SMILES string of the molecule is Cc1ncsc1CCOC(CN)C(C)(C)C. The van der Waals surface area contributed by atoms with Crippen LogP contribution < -0.4 is 5.73 Å². The second-order valence-corrected chi connectivity index (χ2v) is 6.01. The molecule has 1 aromatic rings. The summed E-state index contributed by atoms with van der Waals surface area (Å²) in [4.78, 5) is 5.53. The Morgan fingerprint density at radius 2 is 2.19 bits per heavy atom. The van der Waals surface area contributed by atoms with E-state index < -0.39 is 0 Å². The summed E-state index contributed by atoms with van der Waals surface area (Å²) in [6, 6.07) is 0. The Kier molecular flexibility index (Phi) is 4.89. The van der Waals surface area contributed by atoms with Gasteiger partial charge in [0.2, 0.25) is 0 Å². The average molecular weight is 242 g/mol. The highest BCUT2D eigenvalue weighted by atomic mass is 32.1. The van der Waals surface area contributed by atoms with Gasteiger partial charge < -0.3 is 10.5 Å². The zero-order valence-corrected chi connectivity index (χ0v) is 11.4. The van der Waals surface area contributed by atoms with Crippen LogP contribution in [0.3, 0.4) is 0 Å². The maximum absolute atomic E-state index is 5.84. The van der Waals surface area contributed by atoms with Gasteiger partial charge in [0.1, 0.15) is 0 Å². The number of nitrogens with two attached hydrogens (primary N) is 1. The zero-order valence-electron chi connectivity index (χ0n) is 10.6. The molecule has 92 valence electrons. The summed E-state index contributed by atoms with van der Waals surface area (Å²) in [6.07, 6.45) is 1.06. The van der Waals surface area contributed by atoms with Crippen LogP contribution >= 0.6 is 11.3 Å². The van der Waals surface area contributed by atoms with E-state index in [1.165, 1.54) is 4.88 Å². The van der Waals surface area contributed by atoms with Crippen LogP contribution in [0.4, 0.5) is 0 Å². The summed E-state index contributed by atoms with van der Waals surface area (Å²) in [5.74, 6) is 0. The second kappa shape index (κ2) is 5.75. The summed E-state index contributed by atoms with van der Waals surface area (Å²) in [6.45, 7) is 9.80. The largest absolute Gasteiger partial charge is 0.376 e. The van der Waals surface area contributed by atoms with Crippen molar-refractivity contribution in [2.45, 2.75) is 40.2 Å². The molecule has 0 aliphatic carbocycles. The molecule has 16 heavy (non-hydrogen) atoms. The number of thiazole rings is 1. The lowest BCUT2D eigenvalue weighted by molar-refractivity contribution is -0.00956. The van der Waals surface area contributed by atoms with Gasteiger partial charge >= 0.3 is 0 Å². The van der Waals surface area contributed by atoms with E-state index >= 15 is 0 Å². The highest BCUT2D eigenvalue weighted by Crippen LogP contribution is 2.22. The molecule has 4 heteroatoms. The summed E-state index contributed by atoms with van der Waals surface area (Å²) in [5, 5.41) is 0. The van der Waals surface area contributed by atoms with Gasteiger partial charge in [0.05, 0.1) is 23.9 Å². The third-order valence-electron chi connectivity index (χ3n) is 2.67. The van der Waals surface area contributed by atoms with Crippen LogP contribution in [0.25, 0.3) is 0 Å². The van der Waals surface area contributed by atoms with Crippen LogP contribution in [-0.2, 0) is 11.2 Å². The number of ether oxygens (including phenoxy) is 1. The van der Waals surface area contributed by atoms with E-state index in [9.17, 15) is 0 Å². The molecule has 0 amide bonds. The minimum Gasteiger partial charge on any atom is -0.376 e. The summed E-state index contributed by atoms with van der Waals surface area (Å²) in [7, 11) is 0.